The van der Waals surface area contributed by atoms with Gasteiger partial charge in [0.1, 0.15) is 11.2 Å². The Bertz CT molecular complexity index is 1680. The van der Waals surface area contributed by atoms with Gasteiger partial charge in [-0.25, -0.2) is 9.69 Å². The van der Waals surface area contributed by atoms with Gasteiger partial charge in [0, 0.05) is 22.5 Å². The monoisotopic (exact) mass is 700 g/mol. The van der Waals surface area contributed by atoms with Gasteiger partial charge in [0.05, 0.1) is 35.7 Å². The molecule has 0 aliphatic carbocycles. The molecular formula is C33H38F6N4O2S2. The summed E-state index contributed by atoms with van der Waals surface area (Å²) in [6.07, 6.45) is -9.18. The minimum absolute atomic E-state index is 0. The van der Waals surface area contributed by atoms with Gasteiger partial charge < -0.3 is 20.2 Å². The maximum atomic E-state index is 13.1. The molecule has 6 nitrogen and oxygen atoms in total. The minimum Gasteiger partial charge on any atom is -0.383 e. The summed E-state index contributed by atoms with van der Waals surface area (Å²) in [4.78, 5) is 11.8. The van der Waals surface area contributed by atoms with Gasteiger partial charge in [-0.05, 0) is 85.4 Å². The molecule has 2 aromatic heterocycles. The lowest BCUT2D eigenvalue weighted by Gasteiger charge is -2.22. The van der Waals surface area contributed by atoms with E-state index in [-0.39, 0.29) is 18.5 Å². The van der Waals surface area contributed by atoms with Crippen LogP contribution in [0.2, 0.25) is 0 Å². The molecule has 2 atom stereocenters. The van der Waals surface area contributed by atoms with Crippen LogP contribution in [0, 0.1) is 27.0 Å². The fourth-order valence-electron chi connectivity index (χ4n) is 5.19. The lowest BCUT2D eigenvalue weighted by Crippen LogP contribution is -2.26. The Morgan fingerprint density at radius 2 is 1.00 bits per heavy atom. The number of fused-ring (bicyclic) bond motifs is 2. The van der Waals surface area contributed by atoms with Gasteiger partial charge in [-0.2, -0.15) is 49.9 Å². The maximum absolute atomic E-state index is 13.1. The molecule has 256 valence electrons. The van der Waals surface area contributed by atoms with E-state index in [0.717, 1.165) is 23.6 Å². The van der Waals surface area contributed by atoms with Crippen molar-refractivity contribution in [2.75, 3.05) is 23.0 Å². The second kappa shape index (κ2) is 14.9. The molecule has 0 bridgehead atoms. The average Bonchev–Trinajstić information content (AvgIpc) is 3.49. The molecule has 0 saturated carbocycles. The van der Waals surface area contributed by atoms with Crippen LogP contribution in [-0.2, 0) is 23.6 Å². The number of halogens is 6. The topological polar surface area (TPSA) is 80.8 Å². The van der Waals surface area contributed by atoms with Crippen LogP contribution in [0.1, 0.15) is 68.8 Å². The van der Waals surface area contributed by atoms with Gasteiger partial charge >= 0.3 is 12.4 Å². The second-order valence-electron chi connectivity index (χ2n) is 11.1. The Balaban J connectivity index is 0.000000320. The molecule has 47 heavy (non-hydrogen) atoms. The van der Waals surface area contributed by atoms with Crippen LogP contribution in [0.3, 0.4) is 0 Å². The molecule has 0 saturated heterocycles. The highest BCUT2D eigenvalue weighted by molar-refractivity contribution is 7.99. The molecule has 2 unspecified atom stereocenters. The number of benzene rings is 2. The molecular weight excluding hydrogens is 663 g/mol. The number of aromatic nitrogens is 2. The number of thioether (sulfide) groups is 2. The van der Waals surface area contributed by atoms with E-state index in [1.54, 1.807) is 51.2 Å². The third kappa shape index (κ3) is 8.60. The summed E-state index contributed by atoms with van der Waals surface area (Å²) in [6, 6.07) is 4.37. The lowest BCUT2D eigenvalue weighted by atomic mass is 9.99. The average molecular weight is 701 g/mol. The van der Waals surface area contributed by atoms with E-state index >= 15 is 0 Å². The predicted molar refractivity (Wildman–Crippen MR) is 180 cm³/mol. The molecule has 0 amide bonds. The molecule has 0 spiro atoms. The van der Waals surface area contributed by atoms with Crippen molar-refractivity contribution in [3.63, 3.8) is 0 Å². The Morgan fingerprint density at radius 1 is 0.681 bits per heavy atom. The minimum atomic E-state index is -4.59. The number of nitrogens with one attached hydrogen (secondary N) is 2. The molecule has 2 aromatic carbocycles. The van der Waals surface area contributed by atoms with E-state index in [2.05, 4.69) is 19.7 Å². The second-order valence-corrected chi connectivity index (χ2v) is 13.7. The van der Waals surface area contributed by atoms with Crippen molar-refractivity contribution in [3.05, 3.63) is 80.7 Å². The normalized spacial score (nSPS) is 14.4. The molecule has 0 aliphatic heterocycles. The van der Waals surface area contributed by atoms with E-state index in [9.17, 15) is 36.6 Å². The number of hydrogen-bond acceptors (Lipinski definition) is 4. The van der Waals surface area contributed by atoms with Gasteiger partial charge in [0.2, 0.25) is 0 Å². The van der Waals surface area contributed by atoms with Crippen LogP contribution < -0.4 is 0 Å². The summed E-state index contributed by atoms with van der Waals surface area (Å²) in [5, 5.41) is 22.3. The maximum Gasteiger partial charge on any atom is 0.407 e. The zero-order valence-corrected chi connectivity index (χ0v) is 27.6. The first kappa shape index (κ1) is 39.9. The van der Waals surface area contributed by atoms with Crippen molar-refractivity contribution >= 4 is 56.7 Å². The lowest BCUT2D eigenvalue weighted by molar-refractivity contribution is -0.137. The molecule has 0 aliphatic rings. The Labute approximate surface area is 279 Å². The molecule has 0 radical (unpaired) electrons. The third-order valence-corrected chi connectivity index (χ3v) is 9.80. The summed E-state index contributed by atoms with van der Waals surface area (Å²) in [6.45, 7) is 24.7. The zero-order chi connectivity index (χ0) is 34.8. The van der Waals surface area contributed by atoms with Crippen molar-refractivity contribution in [2.24, 2.45) is 0 Å². The van der Waals surface area contributed by atoms with Crippen LogP contribution in [-0.4, -0.2) is 43.2 Å². The first-order valence-electron chi connectivity index (χ1n) is 14.1. The smallest absolute Gasteiger partial charge is 0.383 e. The fourth-order valence-corrected chi connectivity index (χ4v) is 6.68. The van der Waals surface area contributed by atoms with Crippen LogP contribution in [0.4, 0.5) is 37.7 Å². The molecule has 4 aromatic rings. The van der Waals surface area contributed by atoms with Gasteiger partial charge in [-0.1, -0.05) is 21.3 Å². The van der Waals surface area contributed by atoms with E-state index in [4.69, 9.17) is 13.1 Å². The Hall–Kier alpha value is -3.30. The molecule has 4 N–H and O–H groups in total. The Morgan fingerprint density at radius 3 is 1.26 bits per heavy atom. The van der Waals surface area contributed by atoms with Crippen molar-refractivity contribution in [2.45, 2.75) is 72.5 Å². The van der Waals surface area contributed by atoms with Crippen molar-refractivity contribution in [1.29, 1.82) is 0 Å². The number of hydrogen-bond donors (Lipinski definition) is 4. The van der Waals surface area contributed by atoms with E-state index < -0.39 is 46.1 Å². The van der Waals surface area contributed by atoms with Crippen LogP contribution in [0.25, 0.3) is 31.5 Å². The number of H-pyrrole nitrogens is 2. The van der Waals surface area contributed by atoms with Gasteiger partial charge in [0.25, 0.3) is 0 Å². The van der Waals surface area contributed by atoms with Gasteiger partial charge in [0.15, 0.2) is 11.4 Å². The number of aliphatic hydroxyl groups is 2. The van der Waals surface area contributed by atoms with Gasteiger partial charge in [-0.15, -0.1) is 0 Å². The number of rotatable bonds is 8. The quantitative estimate of drug-likeness (QED) is 0.109. The van der Waals surface area contributed by atoms with Crippen molar-refractivity contribution < 1.29 is 36.6 Å². The predicted octanol–water partition coefficient (Wildman–Crippen LogP) is 10.6. The zero-order valence-electron chi connectivity index (χ0n) is 26.0. The van der Waals surface area contributed by atoms with Crippen molar-refractivity contribution in [1.82, 2.24) is 9.97 Å². The fraction of sp³-hybridized carbons (Fsp3) is 0.455. The first-order valence-corrected chi connectivity index (χ1v) is 16.4. The largest absolute Gasteiger partial charge is 0.407 e. The highest BCUT2D eigenvalue weighted by atomic mass is 32.2. The summed E-state index contributed by atoms with van der Waals surface area (Å²) in [5.41, 5.74) is -2.28. The Kier molecular flexibility index (Phi) is 12.6. The summed E-state index contributed by atoms with van der Waals surface area (Å²) >= 11 is 3.09. The van der Waals surface area contributed by atoms with Crippen LogP contribution in [0.15, 0.2) is 24.3 Å². The number of nitrogens with zero attached hydrogens (tertiary/aromatic N) is 2. The van der Waals surface area contributed by atoms with Crippen molar-refractivity contribution in [3.8, 4) is 0 Å². The molecule has 4 rings (SSSR count). The number of aryl methyl sites for hydroxylation is 2. The van der Waals surface area contributed by atoms with Crippen LogP contribution in [0.5, 0.6) is 0 Å². The number of alkyl halides is 6. The van der Waals surface area contributed by atoms with E-state index in [1.807, 2.05) is 13.8 Å². The van der Waals surface area contributed by atoms with E-state index in [0.29, 0.717) is 44.8 Å². The highest BCUT2D eigenvalue weighted by Crippen LogP contribution is 2.43. The first-order chi connectivity index (χ1) is 21.2. The standard InChI is InChI=1S/2C16H17F3N2OS.CH4/c2*1-5-23-8-15(3,22)14-9(2)10-6-13(20-4)11(16(17,18)19)7-12(10)21-14;/h2*6-7,21-22H,5,8H2,1-3H3;1H4. The van der Waals surface area contributed by atoms with E-state index in [1.165, 1.54) is 12.1 Å². The summed E-state index contributed by atoms with van der Waals surface area (Å²) in [7, 11) is 0. The van der Waals surface area contributed by atoms with Crippen LogP contribution >= 0.6 is 23.5 Å². The third-order valence-electron chi connectivity index (χ3n) is 7.45. The highest BCUT2D eigenvalue weighted by Gasteiger charge is 2.36. The molecule has 0 fully saturated rings. The summed E-state index contributed by atoms with van der Waals surface area (Å²) in [5.74, 6) is 2.52. The summed E-state index contributed by atoms with van der Waals surface area (Å²) < 4.78 is 78.4. The molecule has 2 heterocycles. The number of aromatic amines is 2. The molecule has 14 heteroatoms. The van der Waals surface area contributed by atoms with Gasteiger partial charge in [-0.3, -0.25) is 0 Å². The SMILES string of the molecule is C.[C-]#[N+]c1cc2c(C)c(C(C)(O)CSCC)[nH]c2cc1C(F)(F)F.[C-]#[N+]c1cc2c(C)c(C(C)(O)CSCC)[nH]c2cc1C(F)(F)F.